The van der Waals surface area contributed by atoms with Gasteiger partial charge in [-0.05, 0) is 12.8 Å². The summed E-state index contributed by atoms with van der Waals surface area (Å²) >= 11 is 59.7. The van der Waals surface area contributed by atoms with E-state index < -0.39 is 11.3 Å². The molecular formula is C30H53Cl10NO2. The van der Waals surface area contributed by atoms with Crippen LogP contribution < -0.4 is 5.11 Å². The molecule has 0 spiro atoms. The van der Waals surface area contributed by atoms with Crippen LogP contribution >= 0.6 is 116 Å². The predicted octanol–water partition coefficient (Wildman–Crippen LogP) is 10.6. The van der Waals surface area contributed by atoms with Crippen molar-refractivity contribution in [1.29, 1.82) is 0 Å². The fraction of sp³-hybridized carbons (Fsp3) is 0.967. The smallest absolute Gasteiger partial charge is 0.0966 e. The largest absolute Gasteiger partial charge is 0.549 e. The van der Waals surface area contributed by atoms with Crippen molar-refractivity contribution < 1.29 is 14.4 Å². The Labute approximate surface area is 312 Å². The quantitative estimate of drug-likeness (QED) is 0.0429. The average molecular weight is 814 g/mol. The highest BCUT2D eigenvalue weighted by atomic mass is 35.5. The van der Waals surface area contributed by atoms with Crippen LogP contribution in [-0.2, 0) is 4.79 Å². The molecule has 0 N–H and O–H groups in total. The topological polar surface area (TPSA) is 40.1 Å². The van der Waals surface area contributed by atoms with Crippen LogP contribution in [0.5, 0.6) is 0 Å². The summed E-state index contributed by atoms with van der Waals surface area (Å²) in [5.41, 5.74) is 0. The highest BCUT2D eigenvalue weighted by molar-refractivity contribution is 6.30. The van der Waals surface area contributed by atoms with Gasteiger partial charge in [-0.15, -0.1) is 116 Å². The third-order valence-electron chi connectivity index (χ3n) is 7.11. The van der Waals surface area contributed by atoms with Gasteiger partial charge in [-0.3, -0.25) is 0 Å². The Bertz CT molecular complexity index is 570. The van der Waals surface area contributed by atoms with Gasteiger partial charge in [-0.1, -0.05) is 83.5 Å². The van der Waals surface area contributed by atoms with Gasteiger partial charge in [-0.2, -0.15) is 0 Å². The number of carbonyl (C=O) groups is 1. The number of nitrogens with zero attached hydrogens (tertiary/aromatic N) is 1. The number of carboxylic acids is 1. The van der Waals surface area contributed by atoms with Crippen molar-refractivity contribution in [3.63, 3.8) is 0 Å². The highest BCUT2D eigenvalue weighted by Gasteiger charge is 2.36. The first kappa shape index (κ1) is 47.4. The third kappa shape index (κ3) is 30.1. The Hall–Kier alpha value is 2.33. The number of quaternary nitrogens is 1. The van der Waals surface area contributed by atoms with Crippen molar-refractivity contribution in [1.82, 2.24) is 0 Å². The average Bonchev–Trinajstić information content (AvgIpc) is 2.98. The molecule has 260 valence electrons. The zero-order valence-corrected chi connectivity index (χ0v) is 33.0. The summed E-state index contributed by atoms with van der Waals surface area (Å²) in [7, 11) is 0. The van der Waals surface area contributed by atoms with Crippen molar-refractivity contribution in [3.8, 4) is 0 Å². The molecule has 0 radical (unpaired) electrons. The van der Waals surface area contributed by atoms with Crippen LogP contribution in [0.3, 0.4) is 0 Å². The first-order valence-corrected chi connectivity index (χ1v) is 20.4. The van der Waals surface area contributed by atoms with Crippen molar-refractivity contribution in [2.45, 2.75) is 123 Å². The second-order valence-corrected chi connectivity index (χ2v) is 15.9. The van der Waals surface area contributed by atoms with Gasteiger partial charge >= 0.3 is 0 Å². The monoisotopic (exact) mass is 809 g/mol. The minimum absolute atomic E-state index is 0.218. The van der Waals surface area contributed by atoms with E-state index in [-0.39, 0.29) is 21.5 Å². The molecule has 0 aliphatic carbocycles. The van der Waals surface area contributed by atoms with E-state index in [0.29, 0.717) is 60.6 Å². The minimum Gasteiger partial charge on any atom is -0.549 e. The van der Waals surface area contributed by atoms with Crippen molar-refractivity contribution in [2.75, 3.05) is 55.6 Å². The second-order valence-electron chi connectivity index (χ2n) is 11.3. The molecule has 5 unspecified atom stereocenters. The van der Waals surface area contributed by atoms with Gasteiger partial charge in [0.1, 0.15) is 0 Å². The summed E-state index contributed by atoms with van der Waals surface area (Å²) in [6, 6.07) is 0. The van der Waals surface area contributed by atoms with E-state index in [1.807, 2.05) is 0 Å². The molecule has 13 heteroatoms. The van der Waals surface area contributed by atoms with E-state index in [1.54, 1.807) is 0 Å². The second kappa shape index (κ2) is 32.9. The predicted molar refractivity (Wildman–Crippen MR) is 196 cm³/mol. The lowest BCUT2D eigenvalue weighted by atomic mass is 10.0. The SMILES string of the molecule is ClCC(Cl)C[N+](CC(Cl)CCl)(CC(Cl)CCl)CC(Cl)CCl.O=C([O-])C(Cl)CCCCCCCCCCCCCCCCCl. The summed E-state index contributed by atoms with van der Waals surface area (Å²) in [5, 5.41) is 8.75. The summed E-state index contributed by atoms with van der Waals surface area (Å²) in [4.78, 5) is 10.4. The summed E-state index contributed by atoms with van der Waals surface area (Å²) < 4.78 is 0.504. The maximum absolute atomic E-state index is 10.4. The van der Waals surface area contributed by atoms with Crippen LogP contribution in [0.2, 0.25) is 0 Å². The van der Waals surface area contributed by atoms with Gasteiger partial charge in [0.2, 0.25) is 0 Å². The molecule has 0 rings (SSSR count). The van der Waals surface area contributed by atoms with E-state index in [2.05, 4.69) is 0 Å². The lowest BCUT2D eigenvalue weighted by molar-refractivity contribution is -0.926. The van der Waals surface area contributed by atoms with Gasteiger partial charge < -0.3 is 14.4 Å². The van der Waals surface area contributed by atoms with Crippen molar-refractivity contribution in [2.24, 2.45) is 0 Å². The molecule has 0 aromatic carbocycles. The Balaban J connectivity index is 0. The van der Waals surface area contributed by atoms with E-state index >= 15 is 0 Å². The molecular weight excluding hydrogens is 761 g/mol. The maximum Gasteiger partial charge on any atom is 0.0966 e. The molecule has 0 saturated heterocycles. The number of unbranched alkanes of at least 4 members (excludes halogenated alkanes) is 13. The molecule has 0 fully saturated rings. The zero-order valence-electron chi connectivity index (χ0n) is 25.4. The molecule has 0 aliphatic rings. The van der Waals surface area contributed by atoms with E-state index in [0.717, 1.165) is 18.7 Å². The molecule has 3 nitrogen and oxygen atoms in total. The van der Waals surface area contributed by atoms with Gasteiger partial charge in [0, 0.05) is 29.4 Å². The molecule has 43 heavy (non-hydrogen) atoms. The number of hydrogen-bond donors (Lipinski definition) is 0. The zero-order chi connectivity index (χ0) is 32.9. The molecule has 5 atom stereocenters. The fourth-order valence-electron chi connectivity index (χ4n) is 4.98. The molecule has 0 aromatic heterocycles. The molecule has 0 saturated carbocycles. The Morgan fingerprint density at radius 3 is 0.953 bits per heavy atom. The molecule has 0 aliphatic heterocycles. The van der Waals surface area contributed by atoms with Crippen molar-refractivity contribution >= 4 is 122 Å². The van der Waals surface area contributed by atoms with E-state index in [4.69, 9.17) is 116 Å². The standard InChI is InChI=1S/C18H34Cl2O2.C12H20Cl8N/c19-16-14-12-10-8-6-4-2-1-3-5-7-9-11-13-15-17(20)18(21)22;13-1-9(17)5-21(6-10(18)2-14,7-11(19)3-15)8-12(20)4-16/h17H,1-16H2,(H,21,22);9-12H,1-8H2/q;+1/p-1. The van der Waals surface area contributed by atoms with Gasteiger partial charge in [-0.25, -0.2) is 0 Å². The minimum atomic E-state index is -1.14. The number of rotatable bonds is 29. The number of halogens is 10. The van der Waals surface area contributed by atoms with Crippen LogP contribution in [-0.4, -0.2) is 92.9 Å². The highest BCUT2D eigenvalue weighted by Crippen LogP contribution is 2.23. The van der Waals surface area contributed by atoms with E-state index in [1.165, 1.54) is 77.0 Å². The Morgan fingerprint density at radius 2 is 0.721 bits per heavy atom. The number of aliphatic carboxylic acids is 1. The van der Waals surface area contributed by atoms with Gasteiger partial charge in [0.15, 0.2) is 0 Å². The lowest BCUT2D eigenvalue weighted by Gasteiger charge is -2.42. The molecule has 0 bridgehead atoms. The van der Waals surface area contributed by atoms with Gasteiger partial charge in [0.05, 0.1) is 59.0 Å². The maximum atomic E-state index is 10.4. The van der Waals surface area contributed by atoms with Crippen LogP contribution in [0.25, 0.3) is 0 Å². The summed E-state index contributed by atoms with van der Waals surface area (Å²) in [6.07, 6.45) is 18.2. The molecule has 0 aromatic rings. The first-order valence-electron chi connectivity index (χ1n) is 15.6. The molecule has 0 heterocycles. The van der Waals surface area contributed by atoms with Crippen LogP contribution in [0.4, 0.5) is 0 Å². The lowest BCUT2D eigenvalue weighted by Crippen LogP contribution is -2.60. The fourth-order valence-corrected chi connectivity index (χ4v) is 6.89. The number of hydrogen-bond acceptors (Lipinski definition) is 2. The van der Waals surface area contributed by atoms with Crippen LogP contribution in [0, 0.1) is 0 Å². The third-order valence-corrected chi connectivity index (χ3v) is 11.1. The number of alkyl halides is 10. The van der Waals surface area contributed by atoms with Crippen LogP contribution in [0.15, 0.2) is 0 Å². The molecule has 0 amide bonds. The Kier molecular flexibility index (Phi) is 36.3. The number of carbonyl (C=O) groups excluding carboxylic acids is 1. The number of carboxylic acid groups (broad SMARTS) is 1. The normalized spacial score (nSPS) is 16.4. The van der Waals surface area contributed by atoms with Crippen molar-refractivity contribution in [3.05, 3.63) is 0 Å². The Morgan fingerprint density at radius 1 is 0.465 bits per heavy atom. The van der Waals surface area contributed by atoms with Gasteiger partial charge in [0.25, 0.3) is 0 Å². The summed E-state index contributed by atoms with van der Waals surface area (Å²) in [5.74, 6) is 0.992. The first-order chi connectivity index (χ1) is 20.5. The van der Waals surface area contributed by atoms with Crippen LogP contribution in [0.1, 0.15) is 96.3 Å². The summed E-state index contributed by atoms with van der Waals surface area (Å²) in [6.45, 7) is 2.35. The van der Waals surface area contributed by atoms with E-state index in [9.17, 15) is 9.90 Å².